The lowest BCUT2D eigenvalue weighted by molar-refractivity contribution is -0.0889. The molecule has 0 bridgehead atoms. The molecule has 0 saturated carbocycles. The third kappa shape index (κ3) is 2.84. The Morgan fingerprint density at radius 2 is 2.00 bits per heavy atom. The Kier molecular flexibility index (Phi) is 4.68. The summed E-state index contributed by atoms with van der Waals surface area (Å²) in [4.78, 5) is 0. The second-order valence-electron chi connectivity index (χ2n) is 4.15. The highest BCUT2D eigenvalue weighted by atomic mass is 16.7. The van der Waals surface area contributed by atoms with E-state index in [2.05, 4.69) is 6.92 Å². The van der Waals surface area contributed by atoms with Crippen LogP contribution in [-0.2, 0) is 14.2 Å². The second kappa shape index (κ2) is 6.48. The number of methoxy groups -OCH3 is 1. The molecule has 1 unspecified atom stereocenters. The smallest absolute Gasteiger partial charge is 0.262 e. The van der Waals surface area contributed by atoms with Crippen molar-refractivity contribution in [1.82, 2.24) is 0 Å². The second-order valence-corrected chi connectivity index (χ2v) is 4.15. The monoisotopic (exact) mass is 264 g/mol. The molecule has 1 atom stereocenters. The summed E-state index contributed by atoms with van der Waals surface area (Å²) >= 11 is 0. The van der Waals surface area contributed by atoms with Crippen molar-refractivity contribution in [1.29, 1.82) is 0 Å². The van der Waals surface area contributed by atoms with E-state index in [9.17, 15) is 0 Å². The fourth-order valence-corrected chi connectivity index (χ4v) is 2.00. The number of rotatable bonds is 6. The zero-order valence-electron chi connectivity index (χ0n) is 11.6. The fourth-order valence-electron chi connectivity index (χ4n) is 2.00. The summed E-state index contributed by atoms with van der Waals surface area (Å²) in [7, 11) is 1.63. The van der Waals surface area contributed by atoms with Gasteiger partial charge in [0, 0.05) is 0 Å². The average molecular weight is 264 g/mol. The summed E-state index contributed by atoms with van der Waals surface area (Å²) in [5.74, 6) is 2.05. The molecule has 2 rings (SSSR count). The molecule has 1 aromatic rings. The lowest BCUT2D eigenvalue weighted by Gasteiger charge is -2.29. The van der Waals surface area contributed by atoms with Crippen LogP contribution in [0.5, 0.6) is 5.75 Å². The van der Waals surface area contributed by atoms with E-state index >= 15 is 0 Å². The first-order chi connectivity index (χ1) is 9.31. The van der Waals surface area contributed by atoms with Crippen molar-refractivity contribution in [2.24, 2.45) is 0 Å². The van der Waals surface area contributed by atoms with Crippen LogP contribution in [0, 0.1) is 0 Å². The topological polar surface area (TPSA) is 36.9 Å². The van der Waals surface area contributed by atoms with Gasteiger partial charge in [-0.3, -0.25) is 0 Å². The van der Waals surface area contributed by atoms with Gasteiger partial charge in [-0.15, -0.1) is 0 Å². The largest absolute Gasteiger partial charge is 0.492 e. The molecular formula is C15H20O4. The highest BCUT2D eigenvalue weighted by Gasteiger charge is 2.31. The molecule has 0 aromatic heterocycles. The van der Waals surface area contributed by atoms with Crippen LogP contribution in [0.3, 0.4) is 0 Å². The number of hydrogen-bond acceptors (Lipinski definition) is 4. The molecule has 0 fully saturated rings. The molecule has 19 heavy (non-hydrogen) atoms. The van der Waals surface area contributed by atoms with Crippen LogP contribution in [0.2, 0.25) is 0 Å². The van der Waals surface area contributed by atoms with Crippen molar-refractivity contribution < 1.29 is 18.9 Å². The minimum Gasteiger partial charge on any atom is -0.492 e. The lowest BCUT2D eigenvalue weighted by Crippen LogP contribution is -2.30. The van der Waals surface area contributed by atoms with Gasteiger partial charge in [0.05, 0.1) is 25.9 Å². The number of hydrogen-bond donors (Lipinski definition) is 0. The Morgan fingerprint density at radius 3 is 2.68 bits per heavy atom. The van der Waals surface area contributed by atoms with Gasteiger partial charge in [0.2, 0.25) is 5.76 Å². The summed E-state index contributed by atoms with van der Waals surface area (Å²) in [6.07, 6.45) is 0.383. The van der Waals surface area contributed by atoms with Gasteiger partial charge in [-0.25, -0.2) is 0 Å². The first-order valence-corrected chi connectivity index (χ1v) is 6.60. The summed E-state index contributed by atoms with van der Waals surface area (Å²) in [5.41, 5.74) is 0.893. The predicted octanol–water partition coefficient (Wildman–Crippen LogP) is 3.18. The van der Waals surface area contributed by atoms with Gasteiger partial charge in [0.1, 0.15) is 5.75 Å². The zero-order valence-corrected chi connectivity index (χ0v) is 11.6. The molecule has 4 heteroatoms. The number of ether oxygens (including phenoxy) is 4. The van der Waals surface area contributed by atoms with Crippen molar-refractivity contribution in [3.63, 3.8) is 0 Å². The van der Waals surface area contributed by atoms with Gasteiger partial charge in [-0.2, -0.15) is 0 Å². The van der Waals surface area contributed by atoms with Gasteiger partial charge in [0.15, 0.2) is 5.76 Å². The minimum absolute atomic E-state index is 0.537. The molecule has 0 N–H and O–H groups in total. The first kappa shape index (κ1) is 13.7. The Hall–Kier alpha value is -1.68. The third-order valence-electron chi connectivity index (χ3n) is 2.78. The molecule has 0 amide bonds. The molecular weight excluding hydrogens is 244 g/mol. The molecule has 1 heterocycles. The number of para-hydroxylation sites is 1. The van der Waals surface area contributed by atoms with Crippen LogP contribution in [0.15, 0.2) is 30.0 Å². The summed E-state index contributed by atoms with van der Waals surface area (Å²) in [6.45, 7) is 5.13. The van der Waals surface area contributed by atoms with E-state index in [1.807, 2.05) is 31.2 Å². The van der Waals surface area contributed by atoms with Crippen molar-refractivity contribution in [2.75, 3.05) is 20.3 Å². The Balaban J connectivity index is 2.38. The molecule has 0 aliphatic carbocycles. The van der Waals surface area contributed by atoms with E-state index in [1.54, 1.807) is 7.11 Å². The van der Waals surface area contributed by atoms with E-state index in [4.69, 9.17) is 18.9 Å². The molecule has 4 nitrogen and oxygen atoms in total. The normalized spacial score (nSPS) is 17.7. The summed E-state index contributed by atoms with van der Waals surface area (Å²) < 4.78 is 22.7. The molecule has 1 aromatic carbocycles. The van der Waals surface area contributed by atoms with Crippen LogP contribution < -0.4 is 4.74 Å². The van der Waals surface area contributed by atoms with Gasteiger partial charge >= 0.3 is 0 Å². The number of benzene rings is 1. The maximum atomic E-state index is 5.85. The van der Waals surface area contributed by atoms with Crippen LogP contribution >= 0.6 is 0 Å². The summed E-state index contributed by atoms with van der Waals surface area (Å²) in [5, 5.41) is 0. The molecule has 0 saturated heterocycles. The van der Waals surface area contributed by atoms with E-state index in [-0.39, 0.29) is 0 Å². The van der Waals surface area contributed by atoms with Crippen LogP contribution in [0.4, 0.5) is 0 Å². The van der Waals surface area contributed by atoms with Crippen LogP contribution in [0.25, 0.3) is 5.76 Å². The Morgan fingerprint density at radius 1 is 1.21 bits per heavy atom. The average Bonchev–Trinajstić information content (AvgIpc) is 2.45. The molecule has 0 radical (unpaired) electrons. The van der Waals surface area contributed by atoms with E-state index in [1.165, 1.54) is 0 Å². The fraction of sp³-hybridized carbons (Fsp3) is 0.467. The lowest BCUT2D eigenvalue weighted by atomic mass is 10.1. The summed E-state index contributed by atoms with van der Waals surface area (Å²) in [6, 6.07) is 7.72. The quantitative estimate of drug-likeness (QED) is 0.790. The van der Waals surface area contributed by atoms with Gasteiger partial charge < -0.3 is 18.9 Å². The van der Waals surface area contributed by atoms with Gasteiger partial charge in [0.25, 0.3) is 6.29 Å². The molecule has 0 spiro atoms. The third-order valence-corrected chi connectivity index (χ3v) is 2.78. The number of fused-ring (bicyclic) bond motifs is 1. The van der Waals surface area contributed by atoms with Crippen molar-refractivity contribution >= 4 is 5.76 Å². The van der Waals surface area contributed by atoms with Crippen molar-refractivity contribution in [3.05, 3.63) is 35.6 Å². The molecule has 104 valence electrons. The SMILES string of the molecule is CCCOC1Oc2ccccc2C(OC)=C1OCC. The maximum Gasteiger partial charge on any atom is 0.262 e. The zero-order chi connectivity index (χ0) is 13.7. The predicted molar refractivity (Wildman–Crippen MR) is 72.7 cm³/mol. The first-order valence-electron chi connectivity index (χ1n) is 6.60. The van der Waals surface area contributed by atoms with Gasteiger partial charge in [-0.1, -0.05) is 19.1 Å². The van der Waals surface area contributed by atoms with Crippen molar-refractivity contribution in [3.8, 4) is 5.75 Å². The maximum absolute atomic E-state index is 5.85. The minimum atomic E-state index is -0.537. The Bertz CT molecular complexity index is 453. The van der Waals surface area contributed by atoms with E-state index in [0.717, 1.165) is 17.7 Å². The standard InChI is InChI=1S/C15H20O4/c1-4-10-18-15-14(17-5-2)13(16-3)11-8-6-7-9-12(11)19-15/h6-9,15H,4-5,10H2,1-3H3. The molecule has 1 aliphatic heterocycles. The van der Waals surface area contributed by atoms with Crippen molar-refractivity contribution in [2.45, 2.75) is 26.6 Å². The van der Waals surface area contributed by atoms with E-state index < -0.39 is 6.29 Å². The Labute approximate surface area is 113 Å². The van der Waals surface area contributed by atoms with Crippen LogP contribution in [-0.4, -0.2) is 26.6 Å². The van der Waals surface area contributed by atoms with Gasteiger partial charge in [-0.05, 0) is 25.5 Å². The highest BCUT2D eigenvalue weighted by Crippen LogP contribution is 2.36. The van der Waals surface area contributed by atoms with E-state index in [0.29, 0.717) is 24.7 Å². The molecule has 1 aliphatic rings. The van der Waals surface area contributed by atoms with Crippen LogP contribution in [0.1, 0.15) is 25.8 Å². The highest BCUT2D eigenvalue weighted by molar-refractivity contribution is 5.69.